The first-order valence-electron chi connectivity index (χ1n) is 5.44. The molecule has 9 heteroatoms. The van der Waals surface area contributed by atoms with Crippen LogP contribution in [0.4, 0.5) is 5.82 Å². The van der Waals surface area contributed by atoms with Gasteiger partial charge in [-0.15, -0.1) is 0 Å². The van der Waals surface area contributed by atoms with Crippen molar-refractivity contribution < 1.29 is 24.6 Å². The topological polar surface area (TPSA) is 120 Å². The van der Waals surface area contributed by atoms with E-state index in [9.17, 15) is 14.4 Å². The monoisotopic (exact) mass is 345 g/mol. The minimum Gasteiger partial charge on any atom is -0.480 e. The molecule has 0 unspecified atom stereocenters. The van der Waals surface area contributed by atoms with E-state index in [0.717, 1.165) is 9.37 Å². The first-order valence-corrected chi connectivity index (χ1v) is 6.23. The second-order valence-electron chi connectivity index (χ2n) is 3.84. The molecule has 3 N–H and O–H groups in total. The van der Waals surface area contributed by atoms with Gasteiger partial charge in [0.2, 0.25) is 5.91 Å². The number of hydrogen-bond acceptors (Lipinski definition) is 5. The molecular weight excluding hydrogens is 334 g/mol. The maximum atomic E-state index is 11.7. The number of carboxylic acids is 2. The summed E-state index contributed by atoms with van der Waals surface area (Å²) in [6.45, 7) is -1.42. The molecule has 108 valence electrons. The number of carbonyl (C=O) groups is 3. The summed E-state index contributed by atoms with van der Waals surface area (Å²) in [6.07, 6.45) is 1.49. The molecule has 1 amide bonds. The summed E-state index contributed by atoms with van der Waals surface area (Å²) in [5.41, 5.74) is 0. The van der Waals surface area contributed by atoms with Crippen LogP contribution in [0.3, 0.4) is 0 Å². The number of anilines is 1. The first kappa shape index (κ1) is 16.1. The fraction of sp³-hybridized carbons (Fsp3) is 0.273. The average Bonchev–Trinajstić information content (AvgIpc) is 2.30. The highest BCUT2D eigenvalue weighted by Gasteiger charge is 2.17. The second kappa shape index (κ2) is 7.56. The van der Waals surface area contributed by atoms with E-state index in [-0.39, 0.29) is 6.54 Å². The van der Waals surface area contributed by atoms with Crippen LogP contribution in [0.2, 0.25) is 0 Å². The standard InChI is InChI=1S/C11H12BrN3O5/c12-7-1-2-8(13-3-7)14-9(16)4-15(5-10(17)18)6-11(19)20/h1-3H,4-6H2,(H,17,18)(H,19,20)(H,13,14,16). The first-order chi connectivity index (χ1) is 9.36. The second-order valence-corrected chi connectivity index (χ2v) is 4.76. The summed E-state index contributed by atoms with van der Waals surface area (Å²) >= 11 is 3.19. The summed E-state index contributed by atoms with van der Waals surface area (Å²) in [5.74, 6) is -2.66. The van der Waals surface area contributed by atoms with E-state index in [2.05, 4.69) is 26.2 Å². The van der Waals surface area contributed by atoms with Gasteiger partial charge in [-0.1, -0.05) is 0 Å². The Morgan fingerprint density at radius 1 is 1.15 bits per heavy atom. The van der Waals surface area contributed by atoms with Crippen LogP contribution >= 0.6 is 15.9 Å². The van der Waals surface area contributed by atoms with E-state index in [1.165, 1.54) is 6.20 Å². The number of nitrogens with one attached hydrogen (secondary N) is 1. The van der Waals surface area contributed by atoms with Gasteiger partial charge in [0.15, 0.2) is 0 Å². The molecule has 0 fully saturated rings. The zero-order valence-corrected chi connectivity index (χ0v) is 11.8. The van der Waals surface area contributed by atoms with Crippen LogP contribution in [0, 0.1) is 0 Å². The Kier molecular flexibility index (Phi) is 6.07. The van der Waals surface area contributed by atoms with Crippen LogP contribution in [0.25, 0.3) is 0 Å². The summed E-state index contributed by atoms with van der Waals surface area (Å²) in [4.78, 5) is 37.8. The Bertz CT molecular complexity index is 489. The summed E-state index contributed by atoms with van der Waals surface area (Å²) < 4.78 is 0.744. The molecule has 0 saturated heterocycles. The highest BCUT2D eigenvalue weighted by molar-refractivity contribution is 9.10. The normalized spacial score (nSPS) is 10.3. The molecule has 0 atom stereocenters. The molecule has 0 aliphatic carbocycles. The predicted octanol–water partition coefficient (Wildman–Crippen LogP) is 0.254. The third kappa shape index (κ3) is 6.25. The van der Waals surface area contributed by atoms with Crippen molar-refractivity contribution in [1.82, 2.24) is 9.88 Å². The maximum Gasteiger partial charge on any atom is 0.317 e. The molecular formula is C11H12BrN3O5. The lowest BCUT2D eigenvalue weighted by molar-refractivity contribution is -0.142. The Balaban J connectivity index is 2.58. The van der Waals surface area contributed by atoms with E-state index >= 15 is 0 Å². The van der Waals surface area contributed by atoms with Crippen molar-refractivity contribution in [2.24, 2.45) is 0 Å². The molecule has 0 bridgehead atoms. The van der Waals surface area contributed by atoms with Crippen LogP contribution in [-0.4, -0.2) is 57.6 Å². The number of pyridine rings is 1. The van der Waals surface area contributed by atoms with Crippen molar-refractivity contribution in [1.29, 1.82) is 0 Å². The van der Waals surface area contributed by atoms with Gasteiger partial charge in [-0.05, 0) is 28.1 Å². The number of hydrogen-bond donors (Lipinski definition) is 3. The van der Waals surface area contributed by atoms with E-state index in [0.29, 0.717) is 5.82 Å². The Morgan fingerprint density at radius 3 is 2.20 bits per heavy atom. The number of rotatable bonds is 7. The predicted molar refractivity (Wildman–Crippen MR) is 72.3 cm³/mol. The molecule has 1 heterocycles. The number of halogens is 1. The number of aromatic nitrogens is 1. The van der Waals surface area contributed by atoms with Crippen molar-refractivity contribution in [2.45, 2.75) is 0 Å². The minimum absolute atomic E-state index is 0.295. The fourth-order valence-corrected chi connectivity index (χ4v) is 1.62. The van der Waals surface area contributed by atoms with Crippen LogP contribution in [0.15, 0.2) is 22.8 Å². The van der Waals surface area contributed by atoms with Crippen LogP contribution < -0.4 is 5.32 Å². The summed E-state index contributed by atoms with van der Waals surface area (Å²) in [5, 5.41) is 19.7. The molecule has 0 aromatic carbocycles. The van der Waals surface area contributed by atoms with Gasteiger partial charge in [0.05, 0.1) is 19.6 Å². The summed E-state index contributed by atoms with van der Waals surface area (Å²) in [6, 6.07) is 3.23. The molecule has 0 aliphatic rings. The average molecular weight is 346 g/mol. The third-order valence-electron chi connectivity index (χ3n) is 2.08. The Morgan fingerprint density at radius 2 is 1.75 bits per heavy atom. The molecule has 0 saturated carbocycles. The minimum atomic E-state index is -1.21. The molecule has 8 nitrogen and oxygen atoms in total. The highest BCUT2D eigenvalue weighted by atomic mass is 79.9. The van der Waals surface area contributed by atoms with E-state index < -0.39 is 30.9 Å². The van der Waals surface area contributed by atoms with Crippen molar-refractivity contribution >= 4 is 39.6 Å². The van der Waals surface area contributed by atoms with Crippen LogP contribution in [-0.2, 0) is 14.4 Å². The zero-order valence-electron chi connectivity index (χ0n) is 10.2. The number of carbonyl (C=O) groups excluding carboxylic acids is 1. The number of aliphatic carboxylic acids is 2. The largest absolute Gasteiger partial charge is 0.480 e. The van der Waals surface area contributed by atoms with Crippen molar-refractivity contribution in [2.75, 3.05) is 25.0 Å². The smallest absolute Gasteiger partial charge is 0.317 e. The molecule has 0 spiro atoms. The molecule has 1 rings (SSSR count). The lowest BCUT2D eigenvalue weighted by atomic mass is 10.4. The zero-order chi connectivity index (χ0) is 15.1. The number of carboxylic acid groups (broad SMARTS) is 2. The highest BCUT2D eigenvalue weighted by Crippen LogP contribution is 2.10. The Hall–Kier alpha value is -2.00. The van der Waals surface area contributed by atoms with Crippen LogP contribution in [0.5, 0.6) is 0 Å². The van der Waals surface area contributed by atoms with Gasteiger partial charge < -0.3 is 15.5 Å². The SMILES string of the molecule is O=C(O)CN(CC(=O)O)CC(=O)Nc1ccc(Br)cn1. The van der Waals surface area contributed by atoms with Crippen molar-refractivity contribution in [3.8, 4) is 0 Å². The van der Waals surface area contributed by atoms with E-state index in [1.807, 2.05) is 0 Å². The number of nitrogens with zero attached hydrogens (tertiary/aromatic N) is 2. The quantitative estimate of drug-likeness (QED) is 0.647. The van der Waals surface area contributed by atoms with Gasteiger partial charge in [-0.3, -0.25) is 19.3 Å². The Labute approximate surface area is 122 Å². The van der Waals surface area contributed by atoms with Gasteiger partial charge in [0.1, 0.15) is 5.82 Å². The van der Waals surface area contributed by atoms with E-state index in [1.54, 1.807) is 12.1 Å². The summed E-state index contributed by atoms with van der Waals surface area (Å²) in [7, 11) is 0. The number of amides is 1. The lowest BCUT2D eigenvalue weighted by Crippen LogP contribution is -2.40. The molecule has 1 aromatic heterocycles. The molecule has 0 radical (unpaired) electrons. The van der Waals surface area contributed by atoms with Gasteiger partial charge in [0.25, 0.3) is 0 Å². The molecule has 20 heavy (non-hydrogen) atoms. The lowest BCUT2D eigenvalue weighted by Gasteiger charge is -2.17. The van der Waals surface area contributed by atoms with Gasteiger partial charge >= 0.3 is 11.9 Å². The van der Waals surface area contributed by atoms with Gasteiger partial charge in [-0.2, -0.15) is 0 Å². The maximum absolute atomic E-state index is 11.7. The van der Waals surface area contributed by atoms with Crippen molar-refractivity contribution in [3.05, 3.63) is 22.8 Å². The fourth-order valence-electron chi connectivity index (χ4n) is 1.39. The molecule has 1 aromatic rings. The van der Waals surface area contributed by atoms with Gasteiger partial charge in [0, 0.05) is 10.7 Å². The van der Waals surface area contributed by atoms with E-state index in [4.69, 9.17) is 10.2 Å². The van der Waals surface area contributed by atoms with Crippen molar-refractivity contribution in [3.63, 3.8) is 0 Å². The van der Waals surface area contributed by atoms with Gasteiger partial charge in [-0.25, -0.2) is 4.98 Å². The van der Waals surface area contributed by atoms with Crippen LogP contribution in [0.1, 0.15) is 0 Å². The molecule has 0 aliphatic heterocycles. The third-order valence-corrected chi connectivity index (χ3v) is 2.55.